The van der Waals surface area contributed by atoms with E-state index >= 15 is 0 Å². The summed E-state index contributed by atoms with van der Waals surface area (Å²) in [6.07, 6.45) is 3.40. The molecule has 0 spiro atoms. The van der Waals surface area contributed by atoms with Crippen molar-refractivity contribution in [3.63, 3.8) is 0 Å². The van der Waals surface area contributed by atoms with Crippen LogP contribution in [0.3, 0.4) is 0 Å². The van der Waals surface area contributed by atoms with Gasteiger partial charge in [0.05, 0.1) is 22.7 Å². The number of carbonyl (C=O) groups is 1. The second-order valence-corrected chi connectivity index (χ2v) is 7.13. The fraction of sp³-hybridized carbons (Fsp3) is 0.0909. The highest BCUT2D eigenvalue weighted by Gasteiger charge is 2.10. The van der Waals surface area contributed by atoms with Gasteiger partial charge in [-0.05, 0) is 35.9 Å². The Morgan fingerprint density at radius 2 is 2.00 bits per heavy atom. The zero-order valence-corrected chi connectivity index (χ0v) is 16.5. The van der Waals surface area contributed by atoms with E-state index in [9.17, 15) is 9.59 Å². The minimum absolute atomic E-state index is 0.217. The number of amides is 1. The summed E-state index contributed by atoms with van der Waals surface area (Å²) in [5.41, 5.74) is 3.33. The average molecular weight is 414 g/mol. The van der Waals surface area contributed by atoms with E-state index < -0.39 is 0 Å². The fourth-order valence-electron chi connectivity index (χ4n) is 3.34. The van der Waals surface area contributed by atoms with Crippen LogP contribution in [-0.2, 0) is 13.6 Å². The van der Waals surface area contributed by atoms with Crippen LogP contribution < -0.4 is 15.7 Å². The Morgan fingerprint density at radius 1 is 1.10 bits per heavy atom. The zero-order chi connectivity index (χ0) is 21.4. The Morgan fingerprint density at radius 3 is 2.84 bits per heavy atom. The van der Waals surface area contributed by atoms with Crippen LogP contribution in [0.15, 0.2) is 65.7 Å². The van der Waals surface area contributed by atoms with Crippen molar-refractivity contribution in [1.82, 2.24) is 30.0 Å². The van der Waals surface area contributed by atoms with Crippen molar-refractivity contribution >= 4 is 27.8 Å². The molecule has 0 aliphatic rings. The number of H-pyrrole nitrogens is 2. The Hall–Kier alpha value is -4.40. The van der Waals surface area contributed by atoms with Crippen LogP contribution in [0.1, 0.15) is 15.9 Å². The molecule has 2 aromatic carbocycles. The van der Waals surface area contributed by atoms with Crippen molar-refractivity contribution in [2.75, 3.05) is 0 Å². The predicted octanol–water partition coefficient (Wildman–Crippen LogP) is 2.86. The molecule has 0 radical (unpaired) electrons. The maximum absolute atomic E-state index is 12.5. The standard InChI is InChI=1S/C22H18N6O3/c1-28-19-6-4-14(8-18(19)26-22(28)30)21(29)24-11-13-2-7-20(23-10-13)31-16-5-3-15-12-25-27-17(15)9-16/h2-10,12H,11H2,1H3,(H,24,29)(H,25,27)(H,26,30). The molecule has 9 heteroatoms. The molecule has 0 unspecified atom stereocenters. The van der Waals surface area contributed by atoms with Gasteiger partial charge in [-0.2, -0.15) is 5.10 Å². The highest BCUT2D eigenvalue weighted by molar-refractivity contribution is 5.97. The van der Waals surface area contributed by atoms with Crippen LogP contribution in [0, 0.1) is 0 Å². The van der Waals surface area contributed by atoms with Crippen molar-refractivity contribution in [2.45, 2.75) is 6.54 Å². The number of rotatable bonds is 5. The third kappa shape index (κ3) is 3.64. The average Bonchev–Trinajstić information content (AvgIpc) is 3.36. The van der Waals surface area contributed by atoms with Crippen molar-refractivity contribution in [3.05, 3.63) is 82.5 Å². The van der Waals surface area contributed by atoms with Gasteiger partial charge in [-0.1, -0.05) is 6.07 Å². The molecule has 0 saturated carbocycles. The maximum atomic E-state index is 12.5. The van der Waals surface area contributed by atoms with Gasteiger partial charge in [0.15, 0.2) is 0 Å². The summed E-state index contributed by atoms with van der Waals surface area (Å²) in [5.74, 6) is 0.867. The van der Waals surface area contributed by atoms with Crippen LogP contribution in [0.4, 0.5) is 0 Å². The molecule has 5 rings (SSSR count). The SMILES string of the molecule is Cn1c(=O)[nH]c2cc(C(=O)NCc3ccc(Oc4ccc5cn[nH]c5c4)nc3)ccc21. The molecule has 5 aromatic rings. The van der Waals surface area contributed by atoms with Gasteiger partial charge in [-0.3, -0.25) is 14.5 Å². The molecule has 0 fully saturated rings. The van der Waals surface area contributed by atoms with E-state index in [0.717, 1.165) is 22.0 Å². The second-order valence-electron chi connectivity index (χ2n) is 7.13. The normalized spacial score (nSPS) is 11.1. The predicted molar refractivity (Wildman–Crippen MR) is 115 cm³/mol. The molecule has 0 aliphatic heterocycles. The number of fused-ring (bicyclic) bond motifs is 2. The third-order valence-electron chi connectivity index (χ3n) is 5.05. The van der Waals surface area contributed by atoms with E-state index in [1.807, 2.05) is 24.3 Å². The summed E-state index contributed by atoms with van der Waals surface area (Å²) >= 11 is 0. The lowest BCUT2D eigenvalue weighted by molar-refractivity contribution is 0.0951. The Balaban J connectivity index is 1.23. The monoisotopic (exact) mass is 414 g/mol. The molecule has 3 N–H and O–H groups in total. The van der Waals surface area contributed by atoms with Crippen molar-refractivity contribution < 1.29 is 9.53 Å². The molecule has 1 amide bonds. The van der Waals surface area contributed by atoms with Gasteiger partial charge in [0, 0.05) is 42.9 Å². The van der Waals surface area contributed by atoms with Gasteiger partial charge in [0.1, 0.15) is 5.75 Å². The highest BCUT2D eigenvalue weighted by Crippen LogP contribution is 2.23. The first-order chi connectivity index (χ1) is 15.1. The van der Waals surface area contributed by atoms with Crippen LogP contribution in [-0.4, -0.2) is 30.6 Å². The van der Waals surface area contributed by atoms with Crippen molar-refractivity contribution in [2.24, 2.45) is 7.05 Å². The number of imidazole rings is 1. The summed E-state index contributed by atoms with van der Waals surface area (Å²) in [7, 11) is 1.68. The third-order valence-corrected chi connectivity index (χ3v) is 5.05. The smallest absolute Gasteiger partial charge is 0.326 e. The summed E-state index contributed by atoms with van der Waals surface area (Å²) in [5, 5.41) is 10.8. The topological polar surface area (TPSA) is 118 Å². The summed E-state index contributed by atoms with van der Waals surface area (Å²) in [6, 6.07) is 14.3. The number of hydrogen-bond donors (Lipinski definition) is 3. The number of carbonyl (C=O) groups excluding carboxylic acids is 1. The quantitative estimate of drug-likeness (QED) is 0.409. The van der Waals surface area contributed by atoms with Crippen molar-refractivity contribution in [1.29, 1.82) is 0 Å². The molecule has 0 bridgehead atoms. The summed E-state index contributed by atoms with van der Waals surface area (Å²) < 4.78 is 7.28. The molecule has 3 heterocycles. The van der Waals surface area contributed by atoms with E-state index in [0.29, 0.717) is 29.3 Å². The van der Waals surface area contributed by atoms with Crippen LogP contribution in [0.5, 0.6) is 11.6 Å². The first-order valence-electron chi connectivity index (χ1n) is 9.60. The summed E-state index contributed by atoms with van der Waals surface area (Å²) in [6.45, 7) is 0.315. The number of hydrogen-bond acceptors (Lipinski definition) is 5. The van der Waals surface area contributed by atoms with Gasteiger partial charge >= 0.3 is 5.69 Å². The number of aromatic nitrogens is 5. The van der Waals surface area contributed by atoms with Crippen molar-refractivity contribution in [3.8, 4) is 11.6 Å². The molecule has 9 nitrogen and oxygen atoms in total. The van der Waals surface area contributed by atoms with Gasteiger partial charge in [0.25, 0.3) is 5.91 Å². The van der Waals surface area contributed by atoms with Crippen LogP contribution in [0.25, 0.3) is 21.9 Å². The lowest BCUT2D eigenvalue weighted by Crippen LogP contribution is -2.22. The molecule has 0 saturated heterocycles. The lowest BCUT2D eigenvalue weighted by atomic mass is 10.2. The number of benzene rings is 2. The Labute approximate surface area is 175 Å². The van der Waals surface area contributed by atoms with Gasteiger partial charge in [0.2, 0.25) is 5.88 Å². The van der Waals surface area contributed by atoms with Crippen LogP contribution in [0.2, 0.25) is 0 Å². The molecule has 154 valence electrons. The highest BCUT2D eigenvalue weighted by atomic mass is 16.5. The van der Waals surface area contributed by atoms with Gasteiger partial charge < -0.3 is 15.0 Å². The molecule has 0 atom stereocenters. The van der Waals surface area contributed by atoms with E-state index in [1.54, 1.807) is 43.7 Å². The minimum atomic E-state index is -0.236. The van der Waals surface area contributed by atoms with Crippen LogP contribution >= 0.6 is 0 Å². The van der Waals surface area contributed by atoms with Gasteiger partial charge in [-0.25, -0.2) is 9.78 Å². The molecule has 0 aliphatic carbocycles. The minimum Gasteiger partial charge on any atom is -0.439 e. The van der Waals surface area contributed by atoms with E-state index in [1.165, 1.54) is 4.57 Å². The molecular weight excluding hydrogens is 396 g/mol. The van der Waals surface area contributed by atoms with Gasteiger partial charge in [-0.15, -0.1) is 0 Å². The molecule has 3 aromatic heterocycles. The number of ether oxygens (including phenoxy) is 1. The number of nitrogens with zero attached hydrogens (tertiary/aromatic N) is 3. The lowest BCUT2D eigenvalue weighted by Gasteiger charge is -2.08. The zero-order valence-electron chi connectivity index (χ0n) is 16.5. The number of aromatic amines is 2. The van der Waals surface area contributed by atoms with E-state index in [-0.39, 0.29) is 11.6 Å². The second kappa shape index (κ2) is 7.45. The Bertz CT molecular complexity index is 1460. The first-order valence-corrected chi connectivity index (χ1v) is 9.60. The van der Waals surface area contributed by atoms with E-state index in [4.69, 9.17) is 4.74 Å². The van der Waals surface area contributed by atoms with E-state index in [2.05, 4.69) is 25.5 Å². The fourth-order valence-corrected chi connectivity index (χ4v) is 3.34. The Kier molecular flexibility index (Phi) is 4.47. The summed E-state index contributed by atoms with van der Waals surface area (Å²) in [4.78, 5) is 31.2. The molecule has 31 heavy (non-hydrogen) atoms. The maximum Gasteiger partial charge on any atom is 0.326 e. The largest absolute Gasteiger partial charge is 0.439 e. The number of pyridine rings is 1. The first kappa shape index (κ1) is 18.6. The number of aryl methyl sites for hydroxylation is 1. The molecular formula is C22H18N6O3. The number of nitrogens with one attached hydrogen (secondary N) is 3.